The van der Waals surface area contributed by atoms with Gasteiger partial charge in [0.05, 0.1) is 0 Å². The van der Waals surface area contributed by atoms with Gasteiger partial charge in [0.1, 0.15) is 0 Å². The van der Waals surface area contributed by atoms with E-state index in [0.717, 1.165) is 5.92 Å². The van der Waals surface area contributed by atoms with Gasteiger partial charge in [-0.3, -0.25) is 0 Å². The summed E-state index contributed by atoms with van der Waals surface area (Å²) in [6.07, 6.45) is 6.04. The zero-order valence-corrected chi connectivity index (χ0v) is 20.1. The summed E-state index contributed by atoms with van der Waals surface area (Å²) in [5.74, 6) is 0.761. The van der Waals surface area contributed by atoms with Gasteiger partial charge in [-0.1, -0.05) is 133 Å². The summed E-state index contributed by atoms with van der Waals surface area (Å²) in [6.45, 7) is 13.0. The highest BCUT2D eigenvalue weighted by Crippen LogP contribution is 2.19. The topological polar surface area (TPSA) is 0 Å². The van der Waals surface area contributed by atoms with Crippen molar-refractivity contribution in [3.8, 4) is 11.1 Å². The molecule has 0 spiro atoms. The summed E-state index contributed by atoms with van der Waals surface area (Å²) in [7, 11) is 0. The minimum Gasteiger partial charge on any atom is -0.0683 e. The quantitative estimate of drug-likeness (QED) is 0.369. The first kappa shape index (κ1) is 25.7. The molecule has 0 fully saturated rings. The third kappa shape index (κ3) is 9.92. The molecule has 0 saturated heterocycles. The second-order valence-electron chi connectivity index (χ2n) is 7.98. The molecule has 0 bridgehead atoms. The Bertz CT molecular complexity index is 765. The third-order valence-corrected chi connectivity index (χ3v) is 4.81. The third-order valence-electron chi connectivity index (χ3n) is 4.81. The monoisotopic (exact) mass is 402 g/mol. The van der Waals surface area contributed by atoms with Crippen LogP contribution in [0.3, 0.4) is 0 Å². The lowest BCUT2D eigenvalue weighted by Gasteiger charge is -2.05. The lowest BCUT2D eigenvalue weighted by Crippen LogP contribution is -1.94. The van der Waals surface area contributed by atoms with Crippen molar-refractivity contribution in [2.45, 2.75) is 73.6 Å². The highest BCUT2D eigenvalue weighted by molar-refractivity contribution is 5.63. The van der Waals surface area contributed by atoms with E-state index in [1.807, 2.05) is 13.8 Å². The summed E-state index contributed by atoms with van der Waals surface area (Å²) in [5.41, 5.74) is 6.96. The first-order valence-electron chi connectivity index (χ1n) is 11.8. The molecule has 0 amide bonds. The first-order chi connectivity index (χ1) is 14.6. The number of aryl methyl sites for hydroxylation is 2. The molecular weight excluding hydrogens is 360 g/mol. The van der Waals surface area contributed by atoms with Crippen molar-refractivity contribution in [3.63, 3.8) is 0 Å². The van der Waals surface area contributed by atoms with Crippen molar-refractivity contribution in [1.82, 2.24) is 0 Å². The van der Waals surface area contributed by atoms with Crippen LogP contribution in [-0.2, 0) is 19.3 Å². The fourth-order valence-corrected chi connectivity index (χ4v) is 3.39. The van der Waals surface area contributed by atoms with E-state index in [0.29, 0.717) is 0 Å². The molecule has 30 heavy (non-hydrogen) atoms. The number of benzene rings is 3. The summed E-state index contributed by atoms with van der Waals surface area (Å²) < 4.78 is 0. The van der Waals surface area contributed by atoms with Gasteiger partial charge >= 0.3 is 0 Å². The Morgan fingerprint density at radius 1 is 0.533 bits per heavy atom. The van der Waals surface area contributed by atoms with E-state index in [1.165, 1.54) is 59.9 Å². The molecule has 3 aromatic rings. The van der Waals surface area contributed by atoms with E-state index in [1.54, 1.807) is 0 Å². The molecule has 0 saturated carbocycles. The molecular formula is C30H42. The zero-order valence-electron chi connectivity index (χ0n) is 20.1. The van der Waals surface area contributed by atoms with E-state index < -0.39 is 0 Å². The van der Waals surface area contributed by atoms with Gasteiger partial charge in [0, 0.05) is 0 Å². The predicted molar refractivity (Wildman–Crippen MR) is 136 cm³/mol. The second kappa shape index (κ2) is 15.5. The number of hydrogen-bond donors (Lipinski definition) is 0. The van der Waals surface area contributed by atoms with Crippen molar-refractivity contribution in [2.75, 3.05) is 0 Å². The van der Waals surface area contributed by atoms with Crippen LogP contribution < -0.4 is 0 Å². The van der Waals surface area contributed by atoms with Crippen molar-refractivity contribution < 1.29 is 0 Å². The second-order valence-corrected chi connectivity index (χ2v) is 7.98. The van der Waals surface area contributed by atoms with Crippen molar-refractivity contribution >= 4 is 0 Å². The maximum Gasteiger partial charge on any atom is -0.0184 e. The van der Waals surface area contributed by atoms with Gasteiger partial charge in [-0.15, -0.1) is 0 Å². The Morgan fingerprint density at radius 2 is 0.933 bits per heavy atom. The minimum absolute atomic E-state index is 0.761. The molecule has 0 unspecified atom stereocenters. The van der Waals surface area contributed by atoms with Crippen molar-refractivity contribution in [1.29, 1.82) is 0 Å². The molecule has 0 heteroatoms. The van der Waals surface area contributed by atoms with Crippen molar-refractivity contribution in [2.24, 2.45) is 5.92 Å². The van der Waals surface area contributed by atoms with Crippen LogP contribution in [0.15, 0.2) is 78.9 Å². The summed E-state index contributed by atoms with van der Waals surface area (Å²) >= 11 is 0. The smallest absolute Gasteiger partial charge is 0.0184 e. The van der Waals surface area contributed by atoms with Crippen LogP contribution in [0.5, 0.6) is 0 Å². The molecule has 0 radical (unpaired) electrons. The summed E-state index contributed by atoms with van der Waals surface area (Å²) in [5, 5.41) is 0. The maximum atomic E-state index is 2.27. The van der Waals surface area contributed by atoms with Crippen LogP contribution in [0.25, 0.3) is 11.1 Å². The van der Waals surface area contributed by atoms with E-state index >= 15 is 0 Å². The van der Waals surface area contributed by atoms with Gasteiger partial charge in [0.15, 0.2) is 0 Å². The number of rotatable bonds is 7. The minimum atomic E-state index is 0.761. The molecule has 0 N–H and O–H groups in total. The largest absolute Gasteiger partial charge is 0.0683 e. The molecule has 3 rings (SSSR count). The molecule has 0 aliphatic carbocycles. The van der Waals surface area contributed by atoms with Crippen LogP contribution in [-0.4, -0.2) is 0 Å². The molecule has 162 valence electrons. The standard InChI is InChI=1S/C15H16.C13H20.C2H6/c1-2-6-13-9-11-15(12-10-13)14-7-4-3-5-8-14;1-4-5-12-6-8-13(9-7-12)10-11(2)3;1-2/h3-5,7-12H,2,6H2,1H3;6-9,11H,4-5,10H2,1-3H3;1-2H3. The van der Waals surface area contributed by atoms with E-state index in [-0.39, 0.29) is 0 Å². The van der Waals surface area contributed by atoms with Crippen LogP contribution >= 0.6 is 0 Å². The summed E-state index contributed by atoms with van der Waals surface area (Å²) in [4.78, 5) is 0. The Kier molecular flexibility index (Phi) is 13.3. The Hall–Kier alpha value is -2.34. The van der Waals surface area contributed by atoms with Gasteiger partial charge < -0.3 is 0 Å². The van der Waals surface area contributed by atoms with Crippen LogP contribution in [0, 0.1) is 5.92 Å². The van der Waals surface area contributed by atoms with Gasteiger partial charge in [-0.05, 0) is 53.0 Å². The zero-order chi connectivity index (χ0) is 22.2. The molecule has 0 heterocycles. The van der Waals surface area contributed by atoms with Crippen LogP contribution in [0.2, 0.25) is 0 Å². The first-order valence-corrected chi connectivity index (χ1v) is 11.8. The molecule has 0 aliphatic heterocycles. The lowest BCUT2D eigenvalue weighted by atomic mass is 10.0. The Morgan fingerprint density at radius 3 is 1.37 bits per heavy atom. The Balaban J connectivity index is 0.000000280. The predicted octanol–water partition coefficient (Wildman–Crippen LogP) is 9.17. The molecule has 0 nitrogen and oxygen atoms in total. The fourth-order valence-electron chi connectivity index (χ4n) is 3.39. The van der Waals surface area contributed by atoms with Crippen LogP contribution in [0.4, 0.5) is 0 Å². The molecule has 0 atom stereocenters. The van der Waals surface area contributed by atoms with Gasteiger partial charge in [0.25, 0.3) is 0 Å². The highest BCUT2D eigenvalue weighted by atomic mass is 14.0. The lowest BCUT2D eigenvalue weighted by molar-refractivity contribution is 0.647. The van der Waals surface area contributed by atoms with E-state index in [4.69, 9.17) is 0 Å². The fraction of sp³-hybridized carbons (Fsp3) is 0.400. The maximum absolute atomic E-state index is 2.27. The molecule has 0 aromatic heterocycles. The van der Waals surface area contributed by atoms with E-state index in [2.05, 4.69) is 107 Å². The van der Waals surface area contributed by atoms with Crippen molar-refractivity contribution in [3.05, 3.63) is 95.6 Å². The molecule has 0 aliphatic rings. The van der Waals surface area contributed by atoms with Gasteiger partial charge in [-0.2, -0.15) is 0 Å². The van der Waals surface area contributed by atoms with Gasteiger partial charge in [-0.25, -0.2) is 0 Å². The normalized spacial score (nSPS) is 9.97. The number of hydrogen-bond acceptors (Lipinski definition) is 0. The Labute approximate surface area is 186 Å². The average Bonchev–Trinajstić information content (AvgIpc) is 2.78. The average molecular weight is 403 g/mol. The van der Waals surface area contributed by atoms with Crippen LogP contribution in [0.1, 0.15) is 71.1 Å². The van der Waals surface area contributed by atoms with E-state index in [9.17, 15) is 0 Å². The highest BCUT2D eigenvalue weighted by Gasteiger charge is 1.98. The van der Waals surface area contributed by atoms with Gasteiger partial charge in [0.2, 0.25) is 0 Å². The molecule has 3 aromatic carbocycles. The summed E-state index contributed by atoms with van der Waals surface area (Å²) in [6, 6.07) is 28.4. The SMILES string of the molecule is CC.CCCc1ccc(-c2ccccc2)cc1.CCCc1ccc(CC(C)C)cc1.